The van der Waals surface area contributed by atoms with Crippen molar-refractivity contribution in [2.75, 3.05) is 32.7 Å². The zero-order chi connectivity index (χ0) is 12.5. The molecule has 0 spiro atoms. The molecule has 1 fully saturated rings. The van der Waals surface area contributed by atoms with E-state index in [9.17, 15) is 0 Å². The van der Waals surface area contributed by atoms with E-state index in [1.165, 1.54) is 44.5 Å². The topological polar surface area (TPSA) is 15.3 Å². The molecular formula is C16H24N2. The van der Waals surface area contributed by atoms with Gasteiger partial charge in [-0.15, -0.1) is 0 Å². The monoisotopic (exact) mass is 244 g/mol. The van der Waals surface area contributed by atoms with Gasteiger partial charge in [-0.2, -0.15) is 0 Å². The summed E-state index contributed by atoms with van der Waals surface area (Å²) in [7, 11) is 0. The second-order valence-electron chi connectivity index (χ2n) is 4.92. The van der Waals surface area contributed by atoms with Crippen molar-refractivity contribution in [1.29, 1.82) is 0 Å². The van der Waals surface area contributed by atoms with E-state index in [4.69, 9.17) is 0 Å². The molecule has 1 saturated heterocycles. The molecule has 1 aliphatic rings. The summed E-state index contributed by atoms with van der Waals surface area (Å²) in [6.45, 7) is 5.97. The molecule has 0 bridgehead atoms. The number of nitrogens with zero attached hydrogens (tertiary/aromatic N) is 1. The van der Waals surface area contributed by atoms with Crippen LogP contribution in [0.25, 0.3) is 6.08 Å². The van der Waals surface area contributed by atoms with E-state index >= 15 is 0 Å². The van der Waals surface area contributed by atoms with E-state index in [1.54, 1.807) is 0 Å². The van der Waals surface area contributed by atoms with Crippen LogP contribution in [0.15, 0.2) is 36.4 Å². The van der Waals surface area contributed by atoms with Crippen LogP contribution < -0.4 is 5.32 Å². The Hall–Kier alpha value is -1.12. The molecule has 0 aliphatic carbocycles. The molecular weight excluding hydrogens is 220 g/mol. The first-order chi connectivity index (χ1) is 8.95. The van der Waals surface area contributed by atoms with Crippen molar-refractivity contribution in [2.45, 2.75) is 19.3 Å². The molecule has 2 rings (SSSR count). The maximum absolute atomic E-state index is 3.47. The fourth-order valence-corrected chi connectivity index (χ4v) is 2.38. The molecule has 1 aliphatic heterocycles. The molecule has 18 heavy (non-hydrogen) atoms. The standard InChI is InChI=1S/C16H24N2/c1-2-8-16(9-3-1)10-6-11-17-12-7-15-18-13-4-5-14-18/h1-3,6,8-10,17H,4-5,7,11-15H2. The highest BCUT2D eigenvalue weighted by Gasteiger charge is 2.09. The number of hydrogen-bond acceptors (Lipinski definition) is 2. The Morgan fingerprint density at radius 1 is 1.11 bits per heavy atom. The highest BCUT2D eigenvalue weighted by atomic mass is 15.1. The van der Waals surface area contributed by atoms with Gasteiger partial charge in [-0.1, -0.05) is 42.5 Å². The minimum Gasteiger partial charge on any atom is -0.313 e. The van der Waals surface area contributed by atoms with Crippen LogP contribution in [-0.2, 0) is 0 Å². The summed E-state index contributed by atoms with van der Waals surface area (Å²) in [5.41, 5.74) is 1.27. The molecule has 0 unspecified atom stereocenters. The molecule has 0 aromatic heterocycles. The normalized spacial score (nSPS) is 16.7. The largest absolute Gasteiger partial charge is 0.313 e. The van der Waals surface area contributed by atoms with Gasteiger partial charge in [0.1, 0.15) is 0 Å². The molecule has 98 valence electrons. The van der Waals surface area contributed by atoms with E-state index in [-0.39, 0.29) is 0 Å². The van der Waals surface area contributed by atoms with Gasteiger partial charge in [-0.05, 0) is 51.0 Å². The molecule has 0 atom stereocenters. The molecule has 0 radical (unpaired) electrons. The average Bonchev–Trinajstić information content (AvgIpc) is 2.92. The lowest BCUT2D eigenvalue weighted by atomic mass is 10.2. The van der Waals surface area contributed by atoms with E-state index < -0.39 is 0 Å². The first-order valence-corrected chi connectivity index (χ1v) is 7.10. The molecule has 1 N–H and O–H groups in total. The maximum Gasteiger partial charge on any atom is 0.0138 e. The highest BCUT2D eigenvalue weighted by molar-refractivity contribution is 5.48. The van der Waals surface area contributed by atoms with E-state index in [0.29, 0.717) is 0 Å². The zero-order valence-electron chi connectivity index (χ0n) is 11.1. The summed E-state index contributed by atoms with van der Waals surface area (Å²) >= 11 is 0. The van der Waals surface area contributed by atoms with Gasteiger partial charge in [0.2, 0.25) is 0 Å². The van der Waals surface area contributed by atoms with Crippen molar-refractivity contribution in [2.24, 2.45) is 0 Å². The highest BCUT2D eigenvalue weighted by Crippen LogP contribution is 2.06. The Balaban J connectivity index is 1.49. The van der Waals surface area contributed by atoms with E-state index in [1.807, 2.05) is 6.07 Å². The van der Waals surface area contributed by atoms with Gasteiger partial charge in [0.25, 0.3) is 0 Å². The molecule has 0 saturated carbocycles. The van der Waals surface area contributed by atoms with Crippen LogP contribution in [0.5, 0.6) is 0 Å². The van der Waals surface area contributed by atoms with E-state index in [2.05, 4.69) is 46.6 Å². The van der Waals surface area contributed by atoms with Crippen LogP contribution in [0.1, 0.15) is 24.8 Å². The van der Waals surface area contributed by atoms with Crippen molar-refractivity contribution in [3.05, 3.63) is 42.0 Å². The molecule has 1 heterocycles. The first kappa shape index (κ1) is 13.3. The lowest BCUT2D eigenvalue weighted by Gasteiger charge is -2.13. The third-order valence-electron chi connectivity index (χ3n) is 3.40. The second-order valence-corrected chi connectivity index (χ2v) is 4.92. The van der Waals surface area contributed by atoms with Crippen molar-refractivity contribution in [3.63, 3.8) is 0 Å². The van der Waals surface area contributed by atoms with Gasteiger partial charge in [0.15, 0.2) is 0 Å². The van der Waals surface area contributed by atoms with Gasteiger partial charge >= 0.3 is 0 Å². The van der Waals surface area contributed by atoms with Crippen LogP contribution in [0.3, 0.4) is 0 Å². The lowest BCUT2D eigenvalue weighted by Crippen LogP contribution is -2.24. The van der Waals surface area contributed by atoms with Crippen LogP contribution in [0, 0.1) is 0 Å². The average molecular weight is 244 g/mol. The summed E-state index contributed by atoms with van der Waals surface area (Å²) in [6.07, 6.45) is 8.43. The van der Waals surface area contributed by atoms with Gasteiger partial charge in [-0.3, -0.25) is 0 Å². The van der Waals surface area contributed by atoms with Crippen LogP contribution >= 0.6 is 0 Å². The lowest BCUT2D eigenvalue weighted by molar-refractivity contribution is 0.332. The predicted molar refractivity (Wildman–Crippen MR) is 78.6 cm³/mol. The Labute approximate surface area is 111 Å². The molecule has 0 amide bonds. The number of likely N-dealkylation sites (tertiary alicyclic amines) is 1. The van der Waals surface area contributed by atoms with Crippen molar-refractivity contribution < 1.29 is 0 Å². The fourth-order valence-electron chi connectivity index (χ4n) is 2.38. The summed E-state index contributed by atoms with van der Waals surface area (Å²) in [5.74, 6) is 0. The Bertz CT molecular complexity index is 339. The fraction of sp³-hybridized carbons (Fsp3) is 0.500. The van der Waals surface area contributed by atoms with Crippen LogP contribution in [0.4, 0.5) is 0 Å². The molecule has 2 heteroatoms. The van der Waals surface area contributed by atoms with Crippen LogP contribution in [0.2, 0.25) is 0 Å². The number of rotatable bonds is 7. The first-order valence-electron chi connectivity index (χ1n) is 7.10. The zero-order valence-corrected chi connectivity index (χ0v) is 11.1. The Morgan fingerprint density at radius 2 is 1.89 bits per heavy atom. The number of hydrogen-bond donors (Lipinski definition) is 1. The minimum absolute atomic E-state index is 0.967. The summed E-state index contributed by atoms with van der Waals surface area (Å²) in [6, 6.07) is 10.5. The van der Waals surface area contributed by atoms with Gasteiger partial charge in [-0.25, -0.2) is 0 Å². The smallest absolute Gasteiger partial charge is 0.0138 e. The summed E-state index contributed by atoms with van der Waals surface area (Å²) in [4.78, 5) is 2.57. The molecule has 1 aromatic rings. The van der Waals surface area contributed by atoms with E-state index in [0.717, 1.165) is 13.1 Å². The third-order valence-corrected chi connectivity index (χ3v) is 3.40. The van der Waals surface area contributed by atoms with Crippen LogP contribution in [-0.4, -0.2) is 37.6 Å². The summed E-state index contributed by atoms with van der Waals surface area (Å²) in [5, 5.41) is 3.47. The Morgan fingerprint density at radius 3 is 2.67 bits per heavy atom. The molecule has 2 nitrogen and oxygen atoms in total. The van der Waals surface area contributed by atoms with Crippen molar-refractivity contribution in [3.8, 4) is 0 Å². The predicted octanol–water partition coefficient (Wildman–Crippen LogP) is 2.78. The number of benzene rings is 1. The maximum atomic E-state index is 3.47. The quantitative estimate of drug-likeness (QED) is 0.742. The SMILES string of the molecule is C(=Cc1ccccc1)CNCCCN1CCCC1. The second kappa shape index (κ2) is 8.06. The minimum atomic E-state index is 0.967. The van der Waals surface area contributed by atoms with Gasteiger partial charge in [0.05, 0.1) is 0 Å². The van der Waals surface area contributed by atoms with Crippen molar-refractivity contribution in [1.82, 2.24) is 10.2 Å². The summed E-state index contributed by atoms with van der Waals surface area (Å²) < 4.78 is 0. The number of nitrogens with one attached hydrogen (secondary N) is 1. The van der Waals surface area contributed by atoms with Gasteiger partial charge in [0, 0.05) is 6.54 Å². The van der Waals surface area contributed by atoms with Gasteiger partial charge < -0.3 is 10.2 Å². The third kappa shape index (κ3) is 5.03. The Kier molecular flexibility index (Phi) is 5.97. The molecule has 1 aromatic carbocycles. The van der Waals surface area contributed by atoms with Crippen molar-refractivity contribution >= 4 is 6.08 Å².